The Morgan fingerprint density at radius 1 is 1.47 bits per heavy atom. The monoisotopic (exact) mass is 244 g/mol. The van der Waals surface area contributed by atoms with Crippen LogP contribution in [0.3, 0.4) is 0 Å². The van der Waals surface area contributed by atoms with E-state index in [-0.39, 0.29) is 18.7 Å². The van der Waals surface area contributed by atoms with Crippen molar-refractivity contribution in [2.45, 2.75) is 38.6 Å². The fourth-order valence-corrected chi connectivity index (χ4v) is 1.84. The normalized spacial score (nSPS) is 19.3. The molecule has 2 N–H and O–H groups in total. The molecule has 0 radical (unpaired) electrons. The lowest BCUT2D eigenvalue weighted by Gasteiger charge is -2.24. The molecule has 0 aliphatic carbocycles. The number of hydrogen-bond donors (Lipinski definition) is 2. The quantitative estimate of drug-likeness (QED) is 0.701. The number of carbonyl (C=O) groups excluding carboxylic acids is 1. The van der Waals surface area contributed by atoms with Gasteiger partial charge in [-0.1, -0.05) is 13.3 Å². The topological polar surface area (TPSA) is 61.8 Å². The number of nitrogens with zero attached hydrogens (tertiary/aromatic N) is 1. The predicted octanol–water partition coefficient (Wildman–Crippen LogP) is 0.969. The number of aliphatic hydroxyl groups is 1. The van der Waals surface area contributed by atoms with E-state index in [0.29, 0.717) is 19.6 Å². The first-order chi connectivity index (χ1) is 8.27. The number of rotatable bonds is 7. The lowest BCUT2D eigenvalue weighted by molar-refractivity contribution is 0.173. The Kier molecular flexibility index (Phi) is 6.96. The summed E-state index contributed by atoms with van der Waals surface area (Å²) in [5.74, 6) is 0. The number of carbonyl (C=O) groups is 1. The maximum Gasteiger partial charge on any atom is 0.317 e. The lowest BCUT2D eigenvalue weighted by Crippen LogP contribution is -2.46. The SMILES string of the molecule is CCCCN(CCCO)C(=O)NC1CCOC1. The molecule has 1 saturated heterocycles. The Morgan fingerprint density at radius 2 is 2.24 bits per heavy atom. The zero-order valence-corrected chi connectivity index (χ0v) is 10.7. The van der Waals surface area contributed by atoms with Gasteiger partial charge in [0.1, 0.15) is 0 Å². The van der Waals surface area contributed by atoms with Crippen LogP contribution in [0, 0.1) is 0 Å². The summed E-state index contributed by atoms with van der Waals surface area (Å²) < 4.78 is 5.23. The Bertz CT molecular complexity index is 210. The van der Waals surface area contributed by atoms with Crippen molar-refractivity contribution in [2.75, 3.05) is 32.9 Å². The fourth-order valence-electron chi connectivity index (χ4n) is 1.84. The number of amides is 2. The molecule has 0 aromatic heterocycles. The summed E-state index contributed by atoms with van der Waals surface area (Å²) in [6, 6.07) is 0.128. The number of unbranched alkanes of at least 4 members (excludes halogenated alkanes) is 1. The van der Waals surface area contributed by atoms with Crippen LogP contribution in [0.4, 0.5) is 4.79 Å². The highest BCUT2D eigenvalue weighted by atomic mass is 16.5. The summed E-state index contributed by atoms with van der Waals surface area (Å²) in [6.45, 7) is 4.96. The molecule has 1 atom stereocenters. The largest absolute Gasteiger partial charge is 0.396 e. The molecular weight excluding hydrogens is 220 g/mol. The third-order valence-corrected chi connectivity index (χ3v) is 2.91. The van der Waals surface area contributed by atoms with Gasteiger partial charge in [0.25, 0.3) is 0 Å². The van der Waals surface area contributed by atoms with E-state index < -0.39 is 0 Å². The summed E-state index contributed by atoms with van der Waals surface area (Å²) >= 11 is 0. The van der Waals surface area contributed by atoms with E-state index >= 15 is 0 Å². The van der Waals surface area contributed by atoms with Crippen molar-refractivity contribution in [1.82, 2.24) is 10.2 Å². The van der Waals surface area contributed by atoms with Crippen LogP contribution in [0.25, 0.3) is 0 Å². The van der Waals surface area contributed by atoms with Gasteiger partial charge in [-0.25, -0.2) is 4.79 Å². The molecule has 1 fully saturated rings. The maximum atomic E-state index is 12.0. The molecule has 1 aliphatic heterocycles. The Balaban J connectivity index is 2.34. The molecule has 0 bridgehead atoms. The molecule has 0 spiro atoms. The van der Waals surface area contributed by atoms with Crippen molar-refractivity contribution in [3.8, 4) is 0 Å². The average molecular weight is 244 g/mol. The maximum absolute atomic E-state index is 12.0. The Morgan fingerprint density at radius 3 is 2.82 bits per heavy atom. The standard InChI is InChI=1S/C12H24N2O3/c1-2-3-6-14(7-4-8-15)12(16)13-11-5-9-17-10-11/h11,15H,2-10H2,1H3,(H,13,16). The molecule has 0 aromatic carbocycles. The zero-order valence-electron chi connectivity index (χ0n) is 10.7. The van der Waals surface area contributed by atoms with Gasteiger partial charge in [-0.3, -0.25) is 0 Å². The highest BCUT2D eigenvalue weighted by Gasteiger charge is 2.20. The van der Waals surface area contributed by atoms with Crippen molar-refractivity contribution in [1.29, 1.82) is 0 Å². The molecule has 5 heteroatoms. The second-order valence-corrected chi connectivity index (χ2v) is 4.43. The average Bonchev–Trinajstić information content (AvgIpc) is 2.82. The Labute approximate surface area is 103 Å². The van der Waals surface area contributed by atoms with Gasteiger partial charge in [-0.05, 0) is 19.3 Å². The van der Waals surface area contributed by atoms with Crippen LogP contribution >= 0.6 is 0 Å². The van der Waals surface area contributed by atoms with Crippen LogP contribution in [-0.4, -0.2) is 55.0 Å². The van der Waals surface area contributed by atoms with Crippen LogP contribution in [-0.2, 0) is 4.74 Å². The summed E-state index contributed by atoms with van der Waals surface area (Å²) in [6.07, 6.45) is 3.60. The number of urea groups is 1. The van der Waals surface area contributed by atoms with Gasteiger partial charge in [-0.2, -0.15) is 0 Å². The third kappa shape index (κ3) is 5.37. The molecular formula is C12H24N2O3. The molecule has 100 valence electrons. The van der Waals surface area contributed by atoms with Gasteiger partial charge in [-0.15, -0.1) is 0 Å². The first-order valence-corrected chi connectivity index (χ1v) is 6.52. The fraction of sp³-hybridized carbons (Fsp3) is 0.917. The van der Waals surface area contributed by atoms with Crippen molar-refractivity contribution >= 4 is 6.03 Å². The molecule has 5 nitrogen and oxygen atoms in total. The van der Waals surface area contributed by atoms with Crippen molar-refractivity contribution in [3.63, 3.8) is 0 Å². The molecule has 1 unspecified atom stereocenters. The van der Waals surface area contributed by atoms with E-state index in [0.717, 1.165) is 32.4 Å². The van der Waals surface area contributed by atoms with Crippen LogP contribution in [0.1, 0.15) is 32.6 Å². The summed E-state index contributed by atoms with van der Waals surface area (Å²) in [7, 11) is 0. The first-order valence-electron chi connectivity index (χ1n) is 6.52. The van der Waals surface area contributed by atoms with Crippen LogP contribution in [0.15, 0.2) is 0 Å². The minimum Gasteiger partial charge on any atom is -0.396 e. The van der Waals surface area contributed by atoms with E-state index in [9.17, 15) is 4.79 Å². The van der Waals surface area contributed by atoms with Crippen molar-refractivity contribution in [3.05, 3.63) is 0 Å². The molecule has 2 amide bonds. The van der Waals surface area contributed by atoms with Crippen LogP contribution in [0.2, 0.25) is 0 Å². The number of nitrogens with one attached hydrogen (secondary N) is 1. The first kappa shape index (κ1) is 14.3. The molecule has 0 aromatic rings. The number of hydrogen-bond acceptors (Lipinski definition) is 3. The highest BCUT2D eigenvalue weighted by molar-refractivity contribution is 5.74. The van der Waals surface area contributed by atoms with Gasteiger partial charge >= 0.3 is 6.03 Å². The highest BCUT2D eigenvalue weighted by Crippen LogP contribution is 2.05. The molecule has 1 aliphatic rings. The summed E-state index contributed by atoms with van der Waals surface area (Å²) in [5.41, 5.74) is 0. The predicted molar refractivity (Wildman–Crippen MR) is 65.9 cm³/mol. The second kappa shape index (κ2) is 8.31. The minimum atomic E-state index is -0.0256. The lowest BCUT2D eigenvalue weighted by atomic mass is 10.2. The smallest absolute Gasteiger partial charge is 0.317 e. The van der Waals surface area contributed by atoms with Gasteiger partial charge < -0.3 is 20.1 Å². The van der Waals surface area contributed by atoms with E-state index in [2.05, 4.69) is 12.2 Å². The molecule has 17 heavy (non-hydrogen) atoms. The van der Waals surface area contributed by atoms with E-state index in [4.69, 9.17) is 9.84 Å². The van der Waals surface area contributed by atoms with Gasteiger partial charge in [0.15, 0.2) is 0 Å². The number of aliphatic hydroxyl groups excluding tert-OH is 1. The summed E-state index contributed by atoms with van der Waals surface area (Å²) in [5, 5.41) is 11.8. The second-order valence-electron chi connectivity index (χ2n) is 4.43. The zero-order chi connectivity index (χ0) is 12.5. The van der Waals surface area contributed by atoms with E-state index in [1.807, 2.05) is 0 Å². The van der Waals surface area contributed by atoms with E-state index in [1.165, 1.54) is 0 Å². The van der Waals surface area contributed by atoms with Gasteiger partial charge in [0.2, 0.25) is 0 Å². The molecule has 1 rings (SSSR count). The molecule has 0 saturated carbocycles. The summed E-state index contributed by atoms with van der Waals surface area (Å²) in [4.78, 5) is 13.8. The van der Waals surface area contributed by atoms with Crippen molar-refractivity contribution in [2.24, 2.45) is 0 Å². The third-order valence-electron chi connectivity index (χ3n) is 2.91. The minimum absolute atomic E-state index is 0.0256. The van der Waals surface area contributed by atoms with Gasteiger partial charge in [0, 0.05) is 26.3 Å². The number of ether oxygens (including phenoxy) is 1. The molecule has 1 heterocycles. The van der Waals surface area contributed by atoms with Crippen LogP contribution < -0.4 is 5.32 Å². The van der Waals surface area contributed by atoms with Crippen molar-refractivity contribution < 1.29 is 14.6 Å². The van der Waals surface area contributed by atoms with Crippen LogP contribution in [0.5, 0.6) is 0 Å². The van der Waals surface area contributed by atoms with E-state index in [1.54, 1.807) is 4.90 Å². The Hall–Kier alpha value is -0.810. The van der Waals surface area contributed by atoms with Gasteiger partial charge in [0.05, 0.1) is 12.6 Å².